The molecule has 23 heavy (non-hydrogen) atoms. The molecule has 1 rings (SSSR count). The average Bonchev–Trinajstić information content (AvgIpc) is 2.50. The van der Waals surface area contributed by atoms with E-state index in [1.165, 1.54) is 37.2 Å². The number of benzene rings is 1. The first-order valence-electron chi connectivity index (χ1n) is 7.37. The molecule has 130 valence electrons. The monoisotopic (exact) mass is 362 g/mol. The zero-order valence-corrected chi connectivity index (χ0v) is 15.2. The highest BCUT2D eigenvalue weighted by Crippen LogP contribution is 2.25. The van der Waals surface area contributed by atoms with Crippen molar-refractivity contribution in [2.24, 2.45) is 0 Å². The van der Waals surface area contributed by atoms with E-state index in [9.17, 15) is 13.2 Å². The molecule has 0 unspecified atom stereocenters. The molecule has 0 saturated heterocycles. The van der Waals surface area contributed by atoms with Crippen molar-refractivity contribution in [1.29, 1.82) is 0 Å². The highest BCUT2D eigenvalue weighted by molar-refractivity contribution is 7.89. The van der Waals surface area contributed by atoms with Gasteiger partial charge < -0.3 is 10.0 Å². The van der Waals surface area contributed by atoms with Crippen LogP contribution in [0.4, 0.5) is 0 Å². The zero-order valence-electron chi connectivity index (χ0n) is 13.6. The number of aliphatic hydroxyl groups excluding tert-OH is 1. The fourth-order valence-corrected chi connectivity index (χ4v) is 3.39. The van der Waals surface area contributed by atoms with Crippen molar-refractivity contribution in [3.8, 4) is 0 Å². The lowest BCUT2D eigenvalue weighted by atomic mass is 10.2. The van der Waals surface area contributed by atoms with Crippen LogP contribution in [0.3, 0.4) is 0 Å². The molecule has 0 aliphatic carbocycles. The molecule has 6 nitrogen and oxygen atoms in total. The van der Waals surface area contributed by atoms with Crippen molar-refractivity contribution in [3.05, 3.63) is 28.8 Å². The zero-order chi connectivity index (χ0) is 17.6. The topological polar surface area (TPSA) is 77.9 Å². The van der Waals surface area contributed by atoms with Crippen LogP contribution in [0.15, 0.2) is 23.1 Å². The third-order valence-corrected chi connectivity index (χ3v) is 5.67. The van der Waals surface area contributed by atoms with Gasteiger partial charge in [-0.1, -0.05) is 24.9 Å². The minimum atomic E-state index is -3.74. The summed E-state index contributed by atoms with van der Waals surface area (Å²) < 4.78 is 25.6. The van der Waals surface area contributed by atoms with E-state index in [0.717, 1.165) is 17.1 Å². The van der Waals surface area contributed by atoms with E-state index in [-0.39, 0.29) is 34.5 Å². The summed E-state index contributed by atoms with van der Waals surface area (Å²) in [5.74, 6) is -0.320. The Balaban J connectivity index is 3.20. The Morgan fingerprint density at radius 2 is 1.91 bits per heavy atom. The summed E-state index contributed by atoms with van der Waals surface area (Å²) in [6, 6.07) is 4.19. The smallest absolute Gasteiger partial charge is 0.253 e. The fourth-order valence-electron chi connectivity index (χ4n) is 2.00. The van der Waals surface area contributed by atoms with Gasteiger partial charge in [0, 0.05) is 32.7 Å². The number of sulfonamides is 1. The maximum Gasteiger partial charge on any atom is 0.253 e. The van der Waals surface area contributed by atoms with Crippen LogP contribution >= 0.6 is 11.6 Å². The van der Waals surface area contributed by atoms with Crippen molar-refractivity contribution < 1.29 is 18.3 Å². The molecule has 0 spiro atoms. The molecule has 1 aromatic rings. The van der Waals surface area contributed by atoms with Crippen LogP contribution in [0.2, 0.25) is 5.02 Å². The van der Waals surface area contributed by atoms with Gasteiger partial charge in [-0.05, 0) is 24.6 Å². The van der Waals surface area contributed by atoms with Gasteiger partial charge in [0.05, 0.1) is 11.6 Å². The van der Waals surface area contributed by atoms with Gasteiger partial charge in [-0.2, -0.15) is 0 Å². The largest absolute Gasteiger partial charge is 0.395 e. The van der Waals surface area contributed by atoms with E-state index >= 15 is 0 Å². The van der Waals surface area contributed by atoms with Crippen LogP contribution in [-0.2, 0) is 10.0 Å². The molecular formula is C15H23ClN2O4S. The van der Waals surface area contributed by atoms with Gasteiger partial charge in [-0.25, -0.2) is 12.7 Å². The molecule has 0 fully saturated rings. The summed E-state index contributed by atoms with van der Waals surface area (Å²) in [7, 11) is -0.933. The maximum atomic E-state index is 12.6. The predicted octanol–water partition coefficient (Wildman–Crippen LogP) is 1.82. The SMILES string of the molecule is CCCCN(CCO)C(=O)c1ccc(Cl)c(S(=O)(=O)N(C)C)c1. The molecule has 0 aromatic heterocycles. The summed E-state index contributed by atoms with van der Waals surface area (Å²) in [5.41, 5.74) is 0.236. The van der Waals surface area contributed by atoms with Gasteiger partial charge >= 0.3 is 0 Å². The third kappa shape index (κ3) is 4.91. The first kappa shape index (κ1) is 19.9. The van der Waals surface area contributed by atoms with Crippen LogP contribution < -0.4 is 0 Å². The molecule has 8 heteroatoms. The second kappa shape index (κ2) is 8.63. The van der Waals surface area contributed by atoms with Crippen molar-refractivity contribution in [3.63, 3.8) is 0 Å². The number of rotatable bonds is 8. The summed E-state index contributed by atoms with van der Waals surface area (Å²) in [4.78, 5) is 14.0. The van der Waals surface area contributed by atoms with Crippen LogP contribution in [0.1, 0.15) is 30.1 Å². The lowest BCUT2D eigenvalue weighted by Crippen LogP contribution is -2.34. The minimum absolute atomic E-state index is 0.0671. The lowest BCUT2D eigenvalue weighted by Gasteiger charge is -2.22. The van der Waals surface area contributed by atoms with E-state index in [2.05, 4.69) is 0 Å². The van der Waals surface area contributed by atoms with Gasteiger partial charge in [-0.15, -0.1) is 0 Å². The van der Waals surface area contributed by atoms with E-state index in [1.807, 2.05) is 6.92 Å². The van der Waals surface area contributed by atoms with Crippen LogP contribution in [0, 0.1) is 0 Å². The Morgan fingerprint density at radius 1 is 1.26 bits per heavy atom. The third-order valence-electron chi connectivity index (χ3n) is 3.38. The van der Waals surface area contributed by atoms with Crippen molar-refractivity contribution in [1.82, 2.24) is 9.21 Å². The summed E-state index contributed by atoms with van der Waals surface area (Å²) >= 11 is 5.98. The molecule has 1 N–H and O–H groups in total. The van der Waals surface area contributed by atoms with Crippen molar-refractivity contribution >= 4 is 27.5 Å². The summed E-state index contributed by atoms with van der Waals surface area (Å²) in [6.07, 6.45) is 1.72. The molecule has 0 radical (unpaired) electrons. The van der Waals surface area contributed by atoms with Crippen LogP contribution in [-0.4, -0.2) is 62.4 Å². The first-order valence-corrected chi connectivity index (χ1v) is 9.19. The second-order valence-corrected chi connectivity index (χ2v) is 7.83. The van der Waals surface area contributed by atoms with Crippen LogP contribution in [0.25, 0.3) is 0 Å². The first-order chi connectivity index (χ1) is 10.8. The van der Waals surface area contributed by atoms with E-state index in [0.29, 0.717) is 6.54 Å². The quantitative estimate of drug-likeness (QED) is 0.765. The highest BCUT2D eigenvalue weighted by Gasteiger charge is 2.23. The van der Waals surface area contributed by atoms with Gasteiger partial charge in [0.15, 0.2) is 0 Å². The molecule has 1 aromatic carbocycles. The minimum Gasteiger partial charge on any atom is -0.395 e. The molecular weight excluding hydrogens is 340 g/mol. The number of halogens is 1. The standard InChI is InChI=1S/C15H23ClN2O4S/c1-4-5-8-18(9-10-19)15(20)12-6-7-13(16)14(11-12)23(21,22)17(2)3/h6-7,11,19H,4-5,8-10H2,1-3H3. The molecule has 0 atom stereocenters. The number of carbonyl (C=O) groups excluding carboxylic acids is 1. The van der Waals surface area contributed by atoms with E-state index < -0.39 is 10.0 Å². The number of unbranched alkanes of at least 4 members (excludes halogenated alkanes) is 1. The molecule has 1 amide bonds. The normalized spacial score (nSPS) is 11.7. The van der Waals surface area contributed by atoms with E-state index in [4.69, 9.17) is 16.7 Å². The number of hydrogen-bond acceptors (Lipinski definition) is 4. The maximum absolute atomic E-state index is 12.6. The second-order valence-electron chi connectivity index (χ2n) is 5.30. The van der Waals surface area contributed by atoms with Crippen LogP contribution in [0.5, 0.6) is 0 Å². The van der Waals surface area contributed by atoms with E-state index in [1.54, 1.807) is 0 Å². The molecule has 0 saturated carbocycles. The van der Waals surface area contributed by atoms with Crippen molar-refractivity contribution in [2.45, 2.75) is 24.7 Å². The number of hydrogen-bond donors (Lipinski definition) is 1. The molecule has 0 heterocycles. The van der Waals surface area contributed by atoms with Gasteiger partial charge in [-0.3, -0.25) is 4.79 Å². The number of aliphatic hydroxyl groups is 1. The Labute approximate surface area is 142 Å². The number of nitrogens with zero attached hydrogens (tertiary/aromatic N) is 2. The Kier molecular flexibility index (Phi) is 7.47. The number of carbonyl (C=O) groups is 1. The lowest BCUT2D eigenvalue weighted by molar-refractivity contribution is 0.0719. The van der Waals surface area contributed by atoms with Gasteiger partial charge in [0.2, 0.25) is 10.0 Å². The fraction of sp³-hybridized carbons (Fsp3) is 0.533. The Morgan fingerprint density at radius 3 is 2.43 bits per heavy atom. The highest BCUT2D eigenvalue weighted by atomic mass is 35.5. The summed E-state index contributed by atoms with van der Waals surface area (Å²) in [6.45, 7) is 2.57. The summed E-state index contributed by atoms with van der Waals surface area (Å²) in [5, 5.41) is 9.18. The number of amides is 1. The van der Waals surface area contributed by atoms with Crippen molar-refractivity contribution in [2.75, 3.05) is 33.8 Å². The molecule has 0 aliphatic heterocycles. The average molecular weight is 363 g/mol. The van der Waals surface area contributed by atoms with Gasteiger partial charge in [0.1, 0.15) is 4.90 Å². The Hall–Kier alpha value is -1.15. The van der Waals surface area contributed by atoms with Gasteiger partial charge in [0.25, 0.3) is 5.91 Å². The molecule has 0 aliphatic rings. The Bertz CT molecular complexity index is 647. The predicted molar refractivity (Wildman–Crippen MR) is 90.2 cm³/mol. The molecule has 0 bridgehead atoms.